The number of fused-ring (bicyclic) bond motifs is 2. The molecule has 1 amide bonds. The van der Waals surface area contributed by atoms with Crippen molar-refractivity contribution in [1.82, 2.24) is 14.9 Å². The summed E-state index contributed by atoms with van der Waals surface area (Å²) in [5, 5.41) is 0. The lowest BCUT2D eigenvalue weighted by atomic mass is 9.82. The molecule has 2 fully saturated rings. The monoisotopic (exact) mass is 348 g/mol. The molecule has 0 bridgehead atoms. The maximum absolute atomic E-state index is 12.8. The third-order valence-corrected chi connectivity index (χ3v) is 5.63. The number of aryl methyl sites for hydroxylation is 1. The van der Waals surface area contributed by atoms with Crippen molar-refractivity contribution >= 4 is 22.8 Å². The molecule has 0 saturated carbocycles. The van der Waals surface area contributed by atoms with E-state index < -0.39 is 0 Å². The molecule has 132 valence electrons. The molecule has 0 aliphatic carbocycles. The molecule has 4 heterocycles. The topological polar surface area (TPSA) is 62.5 Å². The molecule has 0 radical (unpaired) electrons. The highest BCUT2D eigenvalue weighted by atomic mass is 16.3. The van der Waals surface area contributed by atoms with Crippen molar-refractivity contribution in [2.45, 2.75) is 19.4 Å². The molecule has 26 heavy (non-hydrogen) atoms. The molecule has 0 N–H and O–H groups in total. The van der Waals surface area contributed by atoms with Crippen LogP contribution in [0.2, 0.25) is 0 Å². The summed E-state index contributed by atoms with van der Waals surface area (Å²) in [6, 6.07) is 10.0. The molecule has 2 atom stereocenters. The Hall–Kier alpha value is -2.89. The van der Waals surface area contributed by atoms with Crippen LogP contribution >= 0.6 is 0 Å². The van der Waals surface area contributed by atoms with Gasteiger partial charge in [-0.05, 0) is 31.5 Å². The molecule has 6 heteroatoms. The summed E-state index contributed by atoms with van der Waals surface area (Å²) in [4.78, 5) is 26.2. The van der Waals surface area contributed by atoms with Gasteiger partial charge in [0, 0.05) is 31.1 Å². The largest absolute Gasteiger partial charge is 0.459 e. The number of likely N-dealkylation sites (tertiary alicyclic amines) is 1. The Bertz CT molecular complexity index is 983. The smallest absolute Gasteiger partial charge is 0.289 e. The molecule has 2 aliphatic heterocycles. The first-order chi connectivity index (χ1) is 12.7. The molecule has 5 rings (SSSR count). The van der Waals surface area contributed by atoms with Crippen LogP contribution in [0.25, 0.3) is 11.0 Å². The lowest BCUT2D eigenvalue weighted by molar-refractivity contribution is 0.0560. The molecule has 1 aromatic carbocycles. The second-order valence-corrected chi connectivity index (χ2v) is 7.17. The van der Waals surface area contributed by atoms with E-state index in [1.807, 2.05) is 48.4 Å². The quantitative estimate of drug-likeness (QED) is 0.713. The molecule has 2 saturated heterocycles. The van der Waals surface area contributed by atoms with Crippen LogP contribution < -0.4 is 4.90 Å². The highest BCUT2D eigenvalue weighted by Gasteiger charge is 2.44. The van der Waals surface area contributed by atoms with E-state index in [-0.39, 0.29) is 5.91 Å². The van der Waals surface area contributed by atoms with Gasteiger partial charge in [0.05, 0.1) is 29.5 Å². The van der Waals surface area contributed by atoms with Crippen LogP contribution in [0.1, 0.15) is 22.5 Å². The number of aromatic nitrogens is 2. The SMILES string of the molecule is Cc1ccoc1C(=O)N1CCC2CN(c3cnc4ccccc4n3)C2C1. The number of anilines is 1. The minimum atomic E-state index is -0.0117. The molecule has 0 spiro atoms. The predicted octanol–water partition coefficient (Wildman–Crippen LogP) is 2.88. The van der Waals surface area contributed by atoms with Crippen molar-refractivity contribution in [3.8, 4) is 0 Å². The van der Waals surface area contributed by atoms with Gasteiger partial charge in [-0.2, -0.15) is 0 Å². The molecular formula is C20H20N4O2. The number of carbonyl (C=O) groups is 1. The van der Waals surface area contributed by atoms with Crippen molar-refractivity contribution in [1.29, 1.82) is 0 Å². The van der Waals surface area contributed by atoms with E-state index in [1.54, 1.807) is 6.26 Å². The molecule has 2 unspecified atom stereocenters. The van der Waals surface area contributed by atoms with Gasteiger partial charge < -0.3 is 14.2 Å². The van der Waals surface area contributed by atoms with Gasteiger partial charge in [0.15, 0.2) is 5.76 Å². The summed E-state index contributed by atoms with van der Waals surface area (Å²) in [5.74, 6) is 1.96. The van der Waals surface area contributed by atoms with Gasteiger partial charge in [0.25, 0.3) is 5.91 Å². The van der Waals surface area contributed by atoms with Crippen molar-refractivity contribution in [3.05, 3.63) is 54.1 Å². The van der Waals surface area contributed by atoms with E-state index in [1.165, 1.54) is 0 Å². The second kappa shape index (κ2) is 5.83. The van der Waals surface area contributed by atoms with E-state index >= 15 is 0 Å². The third-order valence-electron chi connectivity index (χ3n) is 5.63. The van der Waals surface area contributed by atoms with Gasteiger partial charge >= 0.3 is 0 Å². The number of carbonyl (C=O) groups excluding carboxylic acids is 1. The Morgan fingerprint density at radius 3 is 2.85 bits per heavy atom. The molecular weight excluding hydrogens is 328 g/mol. The fraction of sp³-hybridized carbons (Fsp3) is 0.350. The van der Waals surface area contributed by atoms with Crippen LogP contribution in [0.3, 0.4) is 0 Å². The van der Waals surface area contributed by atoms with Crippen LogP contribution in [0.5, 0.6) is 0 Å². The summed E-state index contributed by atoms with van der Waals surface area (Å²) in [6.07, 6.45) is 4.44. The maximum atomic E-state index is 12.8. The highest BCUT2D eigenvalue weighted by Crippen LogP contribution is 2.36. The van der Waals surface area contributed by atoms with Crippen LogP contribution in [-0.2, 0) is 0 Å². The second-order valence-electron chi connectivity index (χ2n) is 7.17. The van der Waals surface area contributed by atoms with Gasteiger partial charge in [-0.1, -0.05) is 12.1 Å². The number of para-hydroxylation sites is 2. The fourth-order valence-electron chi connectivity index (χ4n) is 4.07. The third kappa shape index (κ3) is 2.36. The molecule has 2 aliphatic rings. The zero-order chi connectivity index (χ0) is 17.7. The molecule has 2 aromatic heterocycles. The normalized spacial score (nSPS) is 22.2. The average molecular weight is 348 g/mol. The number of amides is 1. The van der Waals surface area contributed by atoms with E-state index in [2.05, 4.69) is 9.88 Å². The van der Waals surface area contributed by atoms with E-state index in [0.29, 0.717) is 24.3 Å². The predicted molar refractivity (Wildman–Crippen MR) is 98.1 cm³/mol. The summed E-state index contributed by atoms with van der Waals surface area (Å²) < 4.78 is 5.39. The first-order valence-corrected chi connectivity index (χ1v) is 9.02. The van der Waals surface area contributed by atoms with Gasteiger partial charge in [-0.3, -0.25) is 9.78 Å². The van der Waals surface area contributed by atoms with Crippen molar-refractivity contribution < 1.29 is 9.21 Å². The van der Waals surface area contributed by atoms with Gasteiger partial charge in [0.2, 0.25) is 0 Å². The van der Waals surface area contributed by atoms with E-state index in [9.17, 15) is 4.79 Å². The number of nitrogens with zero attached hydrogens (tertiary/aromatic N) is 4. The van der Waals surface area contributed by atoms with Gasteiger partial charge in [-0.15, -0.1) is 0 Å². The lowest BCUT2D eigenvalue weighted by Gasteiger charge is -2.53. The van der Waals surface area contributed by atoms with Crippen LogP contribution in [0.4, 0.5) is 5.82 Å². The van der Waals surface area contributed by atoms with E-state index in [4.69, 9.17) is 9.40 Å². The van der Waals surface area contributed by atoms with Crippen LogP contribution in [0.15, 0.2) is 47.2 Å². The number of rotatable bonds is 2. The first-order valence-electron chi connectivity index (χ1n) is 9.02. The maximum Gasteiger partial charge on any atom is 0.289 e. The lowest BCUT2D eigenvalue weighted by Crippen LogP contribution is -2.65. The number of hydrogen-bond acceptors (Lipinski definition) is 5. The Morgan fingerprint density at radius 1 is 1.19 bits per heavy atom. The van der Waals surface area contributed by atoms with E-state index in [0.717, 1.165) is 41.9 Å². The highest BCUT2D eigenvalue weighted by molar-refractivity contribution is 5.93. The van der Waals surface area contributed by atoms with Crippen LogP contribution in [-0.4, -0.2) is 46.5 Å². The van der Waals surface area contributed by atoms with Crippen LogP contribution in [0, 0.1) is 12.8 Å². The summed E-state index contributed by atoms with van der Waals surface area (Å²) in [7, 11) is 0. The molecule has 3 aromatic rings. The molecule has 6 nitrogen and oxygen atoms in total. The van der Waals surface area contributed by atoms with Crippen molar-refractivity contribution in [2.75, 3.05) is 24.5 Å². The standard InChI is InChI=1S/C20H20N4O2/c1-13-7-9-26-19(13)20(25)23-8-6-14-11-24(17(14)12-23)18-10-21-15-4-2-3-5-16(15)22-18/h2-5,7,9-10,14,17H,6,8,11-12H2,1H3. The Labute approximate surface area is 151 Å². The van der Waals surface area contributed by atoms with Crippen molar-refractivity contribution in [2.24, 2.45) is 5.92 Å². The Balaban J connectivity index is 1.37. The summed E-state index contributed by atoms with van der Waals surface area (Å²) >= 11 is 0. The minimum Gasteiger partial charge on any atom is -0.459 e. The first kappa shape index (κ1) is 15.4. The number of hydrogen-bond donors (Lipinski definition) is 0. The Morgan fingerprint density at radius 2 is 2.04 bits per heavy atom. The summed E-state index contributed by atoms with van der Waals surface area (Å²) in [5.41, 5.74) is 2.70. The number of furan rings is 1. The fourth-order valence-corrected chi connectivity index (χ4v) is 4.07. The minimum absolute atomic E-state index is 0.0117. The zero-order valence-corrected chi connectivity index (χ0v) is 14.6. The van der Waals surface area contributed by atoms with Gasteiger partial charge in [0.1, 0.15) is 5.82 Å². The summed E-state index contributed by atoms with van der Waals surface area (Å²) in [6.45, 7) is 4.39. The zero-order valence-electron chi connectivity index (χ0n) is 14.6. The number of benzene rings is 1. The average Bonchev–Trinajstić information content (AvgIpc) is 3.08. The van der Waals surface area contributed by atoms with Crippen molar-refractivity contribution in [3.63, 3.8) is 0 Å². The van der Waals surface area contributed by atoms with Gasteiger partial charge in [-0.25, -0.2) is 4.98 Å². The Kier molecular flexibility index (Phi) is 3.45. The number of piperidine rings is 1.